The minimum absolute atomic E-state index is 0.0260. The number of nitrogens with zero attached hydrogens (tertiary/aromatic N) is 1. The Balaban J connectivity index is 0.000000438. The van der Waals surface area contributed by atoms with Crippen molar-refractivity contribution in [3.63, 3.8) is 0 Å². The molecule has 1 aromatic carbocycles. The second-order valence-electron chi connectivity index (χ2n) is 5.82. The van der Waals surface area contributed by atoms with Crippen molar-refractivity contribution >= 4 is 10.1 Å². The fourth-order valence-electron chi connectivity index (χ4n) is 2.34. The number of halogens is 1. The Morgan fingerprint density at radius 1 is 1.00 bits per heavy atom. The predicted octanol–water partition coefficient (Wildman–Crippen LogP) is 4.63. The molecule has 23 heavy (non-hydrogen) atoms. The zero-order valence-corrected chi connectivity index (χ0v) is 15.7. The lowest BCUT2D eigenvalue weighted by Gasteiger charge is -2.09. The maximum atomic E-state index is 12.6. The Labute approximate surface area is 140 Å². The Hall–Kier alpha value is -0.980. The number of unbranched alkanes of at least 4 members (excludes halogenated alkanes) is 2. The van der Waals surface area contributed by atoms with E-state index in [0.29, 0.717) is 24.2 Å². The topological polar surface area (TPSA) is 57.6 Å². The van der Waals surface area contributed by atoms with Crippen LogP contribution in [0.1, 0.15) is 56.2 Å². The quantitative estimate of drug-likeness (QED) is 0.577. The van der Waals surface area contributed by atoms with Crippen molar-refractivity contribution in [2.24, 2.45) is 0 Å². The predicted molar refractivity (Wildman–Crippen MR) is 93.0 cm³/mol. The smallest absolute Gasteiger partial charge is 0.282 e. The summed E-state index contributed by atoms with van der Waals surface area (Å²) >= 11 is 0. The molecule has 4 nitrogen and oxygen atoms in total. The molecule has 0 spiro atoms. The highest BCUT2D eigenvalue weighted by atomic mass is 32.2. The van der Waals surface area contributed by atoms with E-state index in [1.54, 1.807) is 26.0 Å². The molecular weight excluding hydrogens is 317 g/mol. The average Bonchev–Trinajstić information content (AvgIpc) is 2.40. The van der Waals surface area contributed by atoms with E-state index in [9.17, 15) is 12.9 Å². The summed E-state index contributed by atoms with van der Waals surface area (Å²) in [6.45, 7) is 10.6. The van der Waals surface area contributed by atoms with Crippen molar-refractivity contribution < 1.29 is 17.5 Å². The number of aryl methyl sites for hydroxylation is 3. The first-order chi connectivity index (χ1) is 10.6. The van der Waals surface area contributed by atoms with Crippen molar-refractivity contribution in [1.82, 2.24) is 5.12 Å². The Morgan fingerprint density at radius 3 is 1.70 bits per heavy atom. The lowest BCUT2D eigenvalue weighted by Crippen LogP contribution is -2.15. The molecule has 134 valence electrons. The third-order valence-electron chi connectivity index (χ3n) is 3.37. The van der Waals surface area contributed by atoms with E-state index in [-0.39, 0.29) is 4.90 Å². The Kier molecular flexibility index (Phi) is 10.3. The second-order valence-corrected chi connectivity index (χ2v) is 7.18. The van der Waals surface area contributed by atoms with Gasteiger partial charge < -0.3 is 0 Å². The standard InChI is InChI=1S/C9H12O3S.C8H18FN/c1-6-4-7(2)9(8(3)5-6)13(10,11)12;1-3-5-7-10(9)8-6-4-2/h4-5H,1-3H3,(H,10,11,12);3-8H2,1-2H3. The zero-order valence-electron chi connectivity index (χ0n) is 14.9. The van der Waals surface area contributed by atoms with Crippen LogP contribution in [0.25, 0.3) is 0 Å². The summed E-state index contributed by atoms with van der Waals surface area (Å²) in [5.74, 6) is 0. The highest BCUT2D eigenvalue weighted by Crippen LogP contribution is 2.20. The van der Waals surface area contributed by atoms with Gasteiger partial charge in [0.2, 0.25) is 0 Å². The molecule has 1 aromatic rings. The summed E-state index contributed by atoms with van der Waals surface area (Å²) in [7, 11) is -4.08. The minimum Gasteiger partial charge on any atom is -0.282 e. The molecule has 1 rings (SSSR count). The molecule has 0 aliphatic rings. The van der Waals surface area contributed by atoms with Gasteiger partial charge in [-0.3, -0.25) is 4.55 Å². The fraction of sp³-hybridized carbons (Fsp3) is 0.647. The number of hydrogen-bond donors (Lipinski definition) is 1. The highest BCUT2D eigenvalue weighted by molar-refractivity contribution is 7.86. The summed E-state index contributed by atoms with van der Waals surface area (Å²) in [5, 5.41) is 0.924. The summed E-state index contributed by atoms with van der Waals surface area (Å²) in [5.41, 5.74) is 2.16. The van der Waals surface area contributed by atoms with Gasteiger partial charge in [-0.25, -0.2) is 0 Å². The normalized spacial score (nSPS) is 11.3. The maximum Gasteiger partial charge on any atom is 0.295 e. The fourth-order valence-corrected chi connectivity index (χ4v) is 3.28. The molecule has 0 bridgehead atoms. The molecule has 0 amide bonds. The first-order valence-corrected chi connectivity index (χ1v) is 9.53. The van der Waals surface area contributed by atoms with Crippen molar-refractivity contribution in [2.45, 2.75) is 65.2 Å². The van der Waals surface area contributed by atoms with E-state index >= 15 is 0 Å². The van der Waals surface area contributed by atoms with Gasteiger partial charge in [-0.05, 0) is 44.7 Å². The monoisotopic (exact) mass is 347 g/mol. The third-order valence-corrected chi connectivity index (χ3v) is 4.53. The Morgan fingerprint density at radius 2 is 1.39 bits per heavy atom. The molecule has 0 aliphatic carbocycles. The second kappa shape index (κ2) is 10.7. The summed E-state index contributed by atoms with van der Waals surface area (Å²) < 4.78 is 43.4. The summed E-state index contributed by atoms with van der Waals surface area (Å²) in [6, 6.07) is 3.46. The molecule has 0 atom stereocenters. The van der Waals surface area contributed by atoms with Gasteiger partial charge in [0.1, 0.15) is 0 Å². The van der Waals surface area contributed by atoms with Gasteiger partial charge in [0, 0.05) is 13.1 Å². The van der Waals surface area contributed by atoms with Gasteiger partial charge in [-0.2, -0.15) is 8.42 Å². The SMILES string of the molecule is CCCCN(F)CCCC.Cc1cc(C)c(S(=O)(=O)O)c(C)c1. The van der Waals surface area contributed by atoms with Gasteiger partial charge in [0.05, 0.1) is 4.90 Å². The summed E-state index contributed by atoms with van der Waals surface area (Å²) in [6.07, 6.45) is 4.10. The van der Waals surface area contributed by atoms with E-state index in [1.807, 2.05) is 6.92 Å². The average molecular weight is 347 g/mol. The molecule has 0 aliphatic heterocycles. The Bertz CT molecular complexity index is 542. The lowest BCUT2D eigenvalue weighted by atomic mass is 10.1. The van der Waals surface area contributed by atoms with Crippen LogP contribution in [-0.2, 0) is 10.1 Å². The molecule has 1 N–H and O–H groups in total. The van der Waals surface area contributed by atoms with Crippen LogP contribution in [0.3, 0.4) is 0 Å². The van der Waals surface area contributed by atoms with Crippen LogP contribution in [0.2, 0.25) is 0 Å². The molecule has 0 fully saturated rings. The van der Waals surface area contributed by atoms with E-state index in [0.717, 1.165) is 36.4 Å². The minimum atomic E-state index is -4.08. The van der Waals surface area contributed by atoms with Crippen LogP contribution < -0.4 is 0 Å². The van der Waals surface area contributed by atoms with E-state index in [4.69, 9.17) is 4.55 Å². The van der Waals surface area contributed by atoms with Gasteiger partial charge in [-0.15, -0.1) is 9.60 Å². The van der Waals surface area contributed by atoms with Crippen LogP contribution >= 0.6 is 0 Å². The van der Waals surface area contributed by atoms with Crippen LogP contribution in [0.5, 0.6) is 0 Å². The maximum absolute atomic E-state index is 12.6. The zero-order chi connectivity index (χ0) is 18.0. The van der Waals surface area contributed by atoms with E-state index in [1.165, 1.54) is 0 Å². The number of hydrogen-bond acceptors (Lipinski definition) is 3. The van der Waals surface area contributed by atoms with Crippen molar-refractivity contribution in [3.8, 4) is 0 Å². The van der Waals surface area contributed by atoms with Crippen molar-refractivity contribution in [1.29, 1.82) is 0 Å². The summed E-state index contributed by atoms with van der Waals surface area (Å²) in [4.78, 5) is 0.0260. The van der Waals surface area contributed by atoms with Gasteiger partial charge in [-0.1, -0.05) is 44.4 Å². The molecule has 0 aromatic heterocycles. The first-order valence-electron chi connectivity index (χ1n) is 8.09. The molecule has 0 unspecified atom stereocenters. The van der Waals surface area contributed by atoms with Crippen molar-refractivity contribution in [3.05, 3.63) is 28.8 Å². The van der Waals surface area contributed by atoms with Gasteiger partial charge in [0.25, 0.3) is 10.1 Å². The molecule has 0 saturated heterocycles. The highest BCUT2D eigenvalue weighted by Gasteiger charge is 2.15. The number of rotatable bonds is 7. The van der Waals surface area contributed by atoms with Gasteiger partial charge in [0.15, 0.2) is 0 Å². The van der Waals surface area contributed by atoms with Crippen LogP contribution in [0.15, 0.2) is 17.0 Å². The molecule has 0 saturated carbocycles. The van der Waals surface area contributed by atoms with E-state index < -0.39 is 10.1 Å². The first kappa shape index (κ1) is 22.0. The van der Waals surface area contributed by atoms with Gasteiger partial charge >= 0.3 is 0 Å². The van der Waals surface area contributed by atoms with E-state index in [2.05, 4.69) is 13.8 Å². The molecule has 0 radical (unpaired) electrons. The molecule has 0 heterocycles. The van der Waals surface area contributed by atoms with Crippen LogP contribution in [0, 0.1) is 20.8 Å². The van der Waals surface area contributed by atoms with Crippen molar-refractivity contribution in [2.75, 3.05) is 13.1 Å². The third kappa shape index (κ3) is 9.03. The largest absolute Gasteiger partial charge is 0.295 e. The molecule has 6 heteroatoms. The van der Waals surface area contributed by atoms with Crippen LogP contribution in [-0.4, -0.2) is 31.2 Å². The molecular formula is C17H30FNO3S. The lowest BCUT2D eigenvalue weighted by molar-refractivity contribution is 0.0227. The van der Waals surface area contributed by atoms with Crippen LogP contribution in [0.4, 0.5) is 4.48 Å². The number of benzene rings is 1.